The van der Waals surface area contributed by atoms with Gasteiger partial charge in [0.05, 0.1) is 6.04 Å². The van der Waals surface area contributed by atoms with Gasteiger partial charge in [0.1, 0.15) is 0 Å². The minimum Gasteiger partial charge on any atom is -0.344 e. The monoisotopic (exact) mass is 254 g/mol. The molecule has 0 saturated heterocycles. The van der Waals surface area contributed by atoms with E-state index in [0.717, 1.165) is 19.4 Å². The van der Waals surface area contributed by atoms with Crippen molar-refractivity contribution >= 4 is 17.2 Å². The molecule has 0 fully saturated rings. The Bertz CT molecular complexity index is 335. The lowest BCUT2D eigenvalue weighted by molar-refractivity contribution is -0.131. The SMILES string of the molecule is CC(C)C[C@@H](N)C(=O)N(C)CCc1cccs1. The first-order chi connectivity index (χ1) is 8.00. The molecule has 4 heteroatoms. The van der Waals surface area contributed by atoms with E-state index >= 15 is 0 Å². The van der Waals surface area contributed by atoms with E-state index in [9.17, 15) is 4.79 Å². The van der Waals surface area contributed by atoms with E-state index in [2.05, 4.69) is 25.3 Å². The molecule has 0 bridgehead atoms. The molecule has 1 aromatic heterocycles. The Morgan fingerprint density at radius 1 is 1.53 bits per heavy atom. The lowest BCUT2D eigenvalue weighted by Crippen LogP contribution is -2.43. The van der Waals surface area contributed by atoms with E-state index in [1.54, 1.807) is 16.2 Å². The van der Waals surface area contributed by atoms with Gasteiger partial charge in [0.2, 0.25) is 5.91 Å². The molecular weight excluding hydrogens is 232 g/mol. The molecule has 0 unspecified atom stereocenters. The molecule has 0 spiro atoms. The molecule has 1 atom stereocenters. The number of rotatable bonds is 6. The summed E-state index contributed by atoms with van der Waals surface area (Å²) >= 11 is 1.73. The number of hydrogen-bond donors (Lipinski definition) is 1. The van der Waals surface area contributed by atoms with Crippen LogP contribution in [0.5, 0.6) is 0 Å². The minimum absolute atomic E-state index is 0.0512. The fraction of sp³-hybridized carbons (Fsp3) is 0.615. The average Bonchev–Trinajstić information content (AvgIpc) is 2.76. The van der Waals surface area contributed by atoms with Crippen molar-refractivity contribution in [3.63, 3.8) is 0 Å². The van der Waals surface area contributed by atoms with Crippen LogP contribution in [0.2, 0.25) is 0 Å². The first-order valence-corrected chi connectivity index (χ1v) is 6.91. The van der Waals surface area contributed by atoms with Gasteiger partial charge in [-0.15, -0.1) is 11.3 Å². The fourth-order valence-corrected chi connectivity index (χ4v) is 2.43. The molecule has 0 radical (unpaired) electrons. The van der Waals surface area contributed by atoms with Crippen molar-refractivity contribution in [3.8, 4) is 0 Å². The molecule has 2 N–H and O–H groups in total. The van der Waals surface area contributed by atoms with E-state index in [4.69, 9.17) is 5.73 Å². The zero-order valence-electron chi connectivity index (χ0n) is 10.8. The summed E-state index contributed by atoms with van der Waals surface area (Å²) in [6.45, 7) is 4.91. The van der Waals surface area contributed by atoms with Crippen LogP contribution in [0.1, 0.15) is 25.1 Å². The Morgan fingerprint density at radius 2 is 2.24 bits per heavy atom. The molecule has 0 aliphatic rings. The lowest BCUT2D eigenvalue weighted by Gasteiger charge is -2.22. The standard InChI is InChI=1S/C13H22N2OS/c1-10(2)9-12(14)13(16)15(3)7-6-11-5-4-8-17-11/h4-5,8,10,12H,6-7,9,14H2,1-3H3/t12-/m1/s1. The number of nitrogens with two attached hydrogens (primary N) is 1. The second-order valence-corrected chi connectivity index (χ2v) is 5.86. The number of amides is 1. The third-order valence-corrected chi connectivity index (χ3v) is 3.63. The predicted octanol–water partition coefficient (Wildman–Crippen LogP) is 2.12. The van der Waals surface area contributed by atoms with Crippen molar-refractivity contribution in [2.75, 3.05) is 13.6 Å². The summed E-state index contributed by atoms with van der Waals surface area (Å²) in [6, 6.07) is 3.77. The Kier molecular flexibility index (Phi) is 5.65. The van der Waals surface area contributed by atoms with Crippen LogP contribution in [0.15, 0.2) is 17.5 Å². The van der Waals surface area contributed by atoms with Crippen molar-refractivity contribution in [2.24, 2.45) is 11.7 Å². The fourth-order valence-electron chi connectivity index (χ4n) is 1.73. The molecule has 0 saturated carbocycles. The van der Waals surface area contributed by atoms with Crippen LogP contribution in [-0.4, -0.2) is 30.4 Å². The second-order valence-electron chi connectivity index (χ2n) is 4.83. The minimum atomic E-state index is -0.358. The summed E-state index contributed by atoms with van der Waals surface area (Å²) in [7, 11) is 1.83. The maximum Gasteiger partial charge on any atom is 0.239 e. The molecular formula is C13H22N2OS. The van der Waals surface area contributed by atoms with Gasteiger partial charge in [-0.05, 0) is 30.2 Å². The first kappa shape index (κ1) is 14.2. The number of carbonyl (C=O) groups excluding carboxylic acids is 1. The molecule has 1 rings (SSSR count). The van der Waals surface area contributed by atoms with Gasteiger partial charge in [-0.3, -0.25) is 4.79 Å². The van der Waals surface area contributed by atoms with Crippen molar-refractivity contribution in [1.82, 2.24) is 4.90 Å². The number of likely N-dealkylation sites (N-methyl/N-ethyl adjacent to an activating group) is 1. The van der Waals surface area contributed by atoms with Gasteiger partial charge >= 0.3 is 0 Å². The number of nitrogens with zero attached hydrogens (tertiary/aromatic N) is 1. The van der Waals surface area contributed by atoms with Crippen LogP contribution in [0.3, 0.4) is 0 Å². The number of carbonyl (C=O) groups is 1. The van der Waals surface area contributed by atoms with Gasteiger partial charge in [-0.2, -0.15) is 0 Å². The third-order valence-electron chi connectivity index (χ3n) is 2.69. The van der Waals surface area contributed by atoms with Crippen molar-refractivity contribution in [3.05, 3.63) is 22.4 Å². The van der Waals surface area contributed by atoms with E-state index in [1.165, 1.54) is 4.88 Å². The van der Waals surface area contributed by atoms with Crippen molar-refractivity contribution in [1.29, 1.82) is 0 Å². The molecule has 0 aromatic carbocycles. The lowest BCUT2D eigenvalue weighted by atomic mass is 10.0. The number of hydrogen-bond acceptors (Lipinski definition) is 3. The Hall–Kier alpha value is -0.870. The Morgan fingerprint density at radius 3 is 2.76 bits per heavy atom. The van der Waals surface area contributed by atoms with Gasteiger partial charge < -0.3 is 10.6 Å². The van der Waals surface area contributed by atoms with E-state index < -0.39 is 0 Å². The quantitative estimate of drug-likeness (QED) is 0.845. The summed E-state index contributed by atoms with van der Waals surface area (Å²) in [6.07, 6.45) is 1.66. The van der Waals surface area contributed by atoms with Crippen LogP contribution in [0, 0.1) is 5.92 Å². The maximum atomic E-state index is 11.9. The zero-order valence-corrected chi connectivity index (χ0v) is 11.7. The van der Waals surface area contributed by atoms with Crippen molar-refractivity contribution in [2.45, 2.75) is 32.7 Å². The smallest absolute Gasteiger partial charge is 0.239 e. The molecule has 0 aliphatic heterocycles. The van der Waals surface area contributed by atoms with Crippen LogP contribution in [-0.2, 0) is 11.2 Å². The summed E-state index contributed by atoms with van der Waals surface area (Å²) in [4.78, 5) is 15.0. The highest BCUT2D eigenvalue weighted by Gasteiger charge is 2.18. The first-order valence-electron chi connectivity index (χ1n) is 6.03. The van der Waals surface area contributed by atoms with Gasteiger partial charge in [0, 0.05) is 18.5 Å². The molecule has 1 heterocycles. The molecule has 96 valence electrons. The molecule has 0 aliphatic carbocycles. The third kappa shape index (κ3) is 4.88. The van der Waals surface area contributed by atoms with Gasteiger partial charge in [-0.25, -0.2) is 0 Å². The largest absolute Gasteiger partial charge is 0.344 e. The second kappa shape index (κ2) is 6.77. The van der Waals surface area contributed by atoms with E-state index in [0.29, 0.717) is 5.92 Å². The predicted molar refractivity (Wildman–Crippen MR) is 73.1 cm³/mol. The summed E-state index contributed by atoms with van der Waals surface area (Å²) in [5.41, 5.74) is 5.88. The highest BCUT2D eigenvalue weighted by atomic mass is 32.1. The Balaban J connectivity index is 2.36. The highest BCUT2D eigenvalue weighted by Crippen LogP contribution is 2.10. The van der Waals surface area contributed by atoms with Crippen molar-refractivity contribution < 1.29 is 4.79 Å². The molecule has 17 heavy (non-hydrogen) atoms. The summed E-state index contributed by atoms with van der Waals surface area (Å²) < 4.78 is 0. The van der Waals surface area contributed by atoms with E-state index in [-0.39, 0.29) is 11.9 Å². The molecule has 3 nitrogen and oxygen atoms in total. The van der Waals surface area contributed by atoms with Crippen LogP contribution in [0.4, 0.5) is 0 Å². The zero-order chi connectivity index (χ0) is 12.8. The maximum absolute atomic E-state index is 11.9. The van der Waals surface area contributed by atoms with Crippen LogP contribution < -0.4 is 5.73 Å². The highest BCUT2D eigenvalue weighted by molar-refractivity contribution is 7.09. The van der Waals surface area contributed by atoms with Gasteiger partial charge in [0.25, 0.3) is 0 Å². The Labute approximate surface area is 108 Å². The summed E-state index contributed by atoms with van der Waals surface area (Å²) in [5, 5.41) is 2.06. The number of thiophene rings is 1. The average molecular weight is 254 g/mol. The summed E-state index contributed by atoms with van der Waals surface area (Å²) in [5.74, 6) is 0.509. The van der Waals surface area contributed by atoms with Crippen LogP contribution in [0.25, 0.3) is 0 Å². The topological polar surface area (TPSA) is 46.3 Å². The van der Waals surface area contributed by atoms with E-state index in [1.807, 2.05) is 13.1 Å². The van der Waals surface area contributed by atoms with Crippen LogP contribution >= 0.6 is 11.3 Å². The van der Waals surface area contributed by atoms with Gasteiger partial charge in [-0.1, -0.05) is 19.9 Å². The molecule has 1 amide bonds. The molecule has 1 aromatic rings. The van der Waals surface area contributed by atoms with Gasteiger partial charge in [0.15, 0.2) is 0 Å². The normalized spacial score (nSPS) is 12.8.